The smallest absolute Gasteiger partial charge is 0.234 e. The van der Waals surface area contributed by atoms with E-state index < -0.39 is 5.41 Å². The van der Waals surface area contributed by atoms with Crippen LogP contribution < -0.4 is 5.32 Å². The molecule has 0 aliphatic carbocycles. The number of hydrogen-bond donors (Lipinski definition) is 1. The first-order valence-electron chi connectivity index (χ1n) is 6.44. The number of carbonyl (C=O) groups is 1. The van der Waals surface area contributed by atoms with Gasteiger partial charge in [-0.1, -0.05) is 48.0 Å². The van der Waals surface area contributed by atoms with Crippen LogP contribution in [0.15, 0.2) is 54.6 Å². The first kappa shape index (κ1) is 13.3. The van der Waals surface area contributed by atoms with E-state index in [0.29, 0.717) is 0 Å². The molecule has 1 N–H and O–H groups in total. The van der Waals surface area contributed by atoms with Gasteiger partial charge in [-0.15, -0.1) is 0 Å². The van der Waals surface area contributed by atoms with Gasteiger partial charge in [0.25, 0.3) is 0 Å². The van der Waals surface area contributed by atoms with Gasteiger partial charge < -0.3 is 5.32 Å². The third-order valence-electron chi connectivity index (χ3n) is 3.37. The fraction of sp³-hybridized carbons (Fsp3) is 0.235. The molecule has 0 heterocycles. The highest BCUT2D eigenvalue weighted by Gasteiger charge is 2.29. The Morgan fingerprint density at radius 2 is 1.53 bits per heavy atom. The van der Waals surface area contributed by atoms with Gasteiger partial charge in [0.05, 0.1) is 5.41 Å². The van der Waals surface area contributed by atoms with E-state index in [1.54, 1.807) is 0 Å². The number of aryl methyl sites for hydroxylation is 1. The zero-order valence-corrected chi connectivity index (χ0v) is 11.6. The molecule has 0 bridgehead atoms. The Morgan fingerprint density at radius 3 is 2.11 bits per heavy atom. The third kappa shape index (κ3) is 3.02. The Balaban J connectivity index is 2.17. The molecule has 0 saturated carbocycles. The van der Waals surface area contributed by atoms with Crippen LogP contribution in [-0.2, 0) is 10.2 Å². The van der Waals surface area contributed by atoms with Crippen LogP contribution in [-0.4, -0.2) is 5.91 Å². The monoisotopic (exact) mass is 253 g/mol. The summed E-state index contributed by atoms with van der Waals surface area (Å²) < 4.78 is 0. The highest BCUT2D eigenvalue weighted by molar-refractivity contribution is 5.98. The van der Waals surface area contributed by atoms with Crippen molar-refractivity contribution in [3.63, 3.8) is 0 Å². The maximum absolute atomic E-state index is 12.4. The van der Waals surface area contributed by atoms with Gasteiger partial charge in [-0.25, -0.2) is 0 Å². The predicted octanol–water partition coefficient (Wildman–Crippen LogP) is 3.91. The van der Waals surface area contributed by atoms with Gasteiger partial charge in [-0.05, 0) is 38.5 Å². The van der Waals surface area contributed by atoms with E-state index in [9.17, 15) is 4.79 Å². The molecule has 2 aromatic carbocycles. The summed E-state index contributed by atoms with van der Waals surface area (Å²) in [6.45, 7) is 5.90. The Hall–Kier alpha value is -2.09. The molecule has 1 amide bonds. The molecule has 0 unspecified atom stereocenters. The Labute approximate surface area is 114 Å². The Kier molecular flexibility index (Phi) is 3.70. The highest BCUT2D eigenvalue weighted by Crippen LogP contribution is 2.24. The van der Waals surface area contributed by atoms with Crippen molar-refractivity contribution in [1.29, 1.82) is 0 Å². The second-order valence-electron chi connectivity index (χ2n) is 5.31. The van der Waals surface area contributed by atoms with Crippen LogP contribution in [0.2, 0.25) is 0 Å². The molecular weight excluding hydrogens is 234 g/mol. The minimum atomic E-state index is -0.549. The minimum Gasteiger partial charge on any atom is -0.325 e. The summed E-state index contributed by atoms with van der Waals surface area (Å²) in [4.78, 5) is 12.4. The molecule has 0 aromatic heterocycles. The highest BCUT2D eigenvalue weighted by atomic mass is 16.2. The van der Waals surface area contributed by atoms with Crippen molar-refractivity contribution in [2.75, 3.05) is 5.32 Å². The van der Waals surface area contributed by atoms with Crippen LogP contribution in [0.5, 0.6) is 0 Å². The lowest BCUT2D eigenvalue weighted by Gasteiger charge is -2.24. The third-order valence-corrected chi connectivity index (χ3v) is 3.37. The zero-order valence-electron chi connectivity index (χ0n) is 11.6. The molecule has 0 aliphatic rings. The van der Waals surface area contributed by atoms with Crippen molar-refractivity contribution in [1.82, 2.24) is 0 Å². The van der Waals surface area contributed by atoms with Gasteiger partial charge in [-0.2, -0.15) is 0 Å². The summed E-state index contributed by atoms with van der Waals surface area (Å²) in [5.74, 6) is 0.00236. The fourth-order valence-corrected chi connectivity index (χ4v) is 1.91. The van der Waals surface area contributed by atoms with Gasteiger partial charge in [-0.3, -0.25) is 4.79 Å². The first-order chi connectivity index (χ1) is 9.00. The van der Waals surface area contributed by atoms with Gasteiger partial charge in [0.1, 0.15) is 0 Å². The number of hydrogen-bond acceptors (Lipinski definition) is 1. The molecule has 0 fully saturated rings. The lowest BCUT2D eigenvalue weighted by atomic mass is 9.83. The average molecular weight is 253 g/mol. The molecule has 2 nitrogen and oxygen atoms in total. The standard InChI is InChI=1S/C17H19NO/c1-13-9-11-15(12-10-13)18-16(19)17(2,3)14-7-5-4-6-8-14/h4-12H,1-3H3,(H,18,19). The molecule has 0 spiro atoms. The zero-order chi connectivity index (χ0) is 13.9. The largest absolute Gasteiger partial charge is 0.325 e. The van der Waals surface area contributed by atoms with Crippen LogP contribution >= 0.6 is 0 Å². The van der Waals surface area contributed by atoms with Gasteiger partial charge >= 0.3 is 0 Å². The van der Waals surface area contributed by atoms with Crippen molar-refractivity contribution in [3.8, 4) is 0 Å². The summed E-state index contributed by atoms with van der Waals surface area (Å²) >= 11 is 0. The fourth-order valence-electron chi connectivity index (χ4n) is 1.91. The number of rotatable bonds is 3. The van der Waals surface area contributed by atoms with Crippen LogP contribution in [0.3, 0.4) is 0 Å². The number of anilines is 1. The normalized spacial score (nSPS) is 11.1. The summed E-state index contributed by atoms with van der Waals surface area (Å²) in [5, 5.41) is 2.97. The van der Waals surface area contributed by atoms with E-state index in [1.807, 2.05) is 75.4 Å². The van der Waals surface area contributed by atoms with E-state index in [-0.39, 0.29) is 5.91 Å². The number of carbonyl (C=O) groups excluding carboxylic acids is 1. The lowest BCUT2D eigenvalue weighted by molar-refractivity contribution is -0.120. The van der Waals surface area contributed by atoms with Gasteiger partial charge in [0, 0.05) is 5.69 Å². The van der Waals surface area contributed by atoms with E-state index in [2.05, 4.69) is 5.32 Å². The van der Waals surface area contributed by atoms with Crippen LogP contribution in [0, 0.1) is 6.92 Å². The molecule has 0 atom stereocenters. The first-order valence-corrected chi connectivity index (χ1v) is 6.44. The molecule has 19 heavy (non-hydrogen) atoms. The van der Waals surface area contributed by atoms with Crippen LogP contribution in [0.4, 0.5) is 5.69 Å². The van der Waals surface area contributed by atoms with Crippen molar-refractivity contribution >= 4 is 11.6 Å². The molecule has 0 saturated heterocycles. The SMILES string of the molecule is Cc1ccc(NC(=O)C(C)(C)c2ccccc2)cc1. The van der Waals surface area contributed by atoms with E-state index in [0.717, 1.165) is 11.3 Å². The molecule has 2 aromatic rings. The van der Waals surface area contributed by atoms with Crippen molar-refractivity contribution in [2.24, 2.45) is 0 Å². The maximum Gasteiger partial charge on any atom is 0.234 e. The second kappa shape index (κ2) is 5.27. The molecule has 2 rings (SSSR count). The summed E-state index contributed by atoms with van der Waals surface area (Å²) in [6, 6.07) is 17.7. The van der Waals surface area contributed by atoms with Crippen molar-refractivity contribution in [2.45, 2.75) is 26.2 Å². The van der Waals surface area contributed by atoms with Crippen LogP contribution in [0.1, 0.15) is 25.0 Å². The van der Waals surface area contributed by atoms with Crippen molar-refractivity contribution < 1.29 is 4.79 Å². The van der Waals surface area contributed by atoms with E-state index in [1.165, 1.54) is 5.56 Å². The molecule has 2 heteroatoms. The van der Waals surface area contributed by atoms with Gasteiger partial charge in [0.15, 0.2) is 0 Å². The number of nitrogens with one attached hydrogen (secondary N) is 1. The number of benzene rings is 2. The Morgan fingerprint density at radius 1 is 0.947 bits per heavy atom. The van der Waals surface area contributed by atoms with Crippen LogP contribution in [0.25, 0.3) is 0 Å². The lowest BCUT2D eigenvalue weighted by Crippen LogP contribution is -2.34. The molecule has 98 valence electrons. The van der Waals surface area contributed by atoms with E-state index in [4.69, 9.17) is 0 Å². The average Bonchev–Trinajstić information content (AvgIpc) is 2.42. The summed E-state index contributed by atoms with van der Waals surface area (Å²) in [7, 11) is 0. The molecule has 0 aliphatic heterocycles. The molecular formula is C17H19NO. The predicted molar refractivity (Wildman–Crippen MR) is 79.3 cm³/mol. The summed E-state index contributed by atoms with van der Waals surface area (Å²) in [5.41, 5.74) is 2.48. The Bertz CT molecular complexity index is 556. The summed E-state index contributed by atoms with van der Waals surface area (Å²) in [6.07, 6.45) is 0. The van der Waals surface area contributed by atoms with E-state index >= 15 is 0 Å². The van der Waals surface area contributed by atoms with Gasteiger partial charge in [0.2, 0.25) is 5.91 Å². The number of amides is 1. The topological polar surface area (TPSA) is 29.1 Å². The maximum atomic E-state index is 12.4. The molecule has 0 radical (unpaired) electrons. The van der Waals surface area contributed by atoms with Crippen molar-refractivity contribution in [3.05, 3.63) is 65.7 Å². The quantitative estimate of drug-likeness (QED) is 0.882. The minimum absolute atomic E-state index is 0.00236. The second-order valence-corrected chi connectivity index (χ2v) is 5.31.